The van der Waals surface area contributed by atoms with Crippen LogP contribution in [0.2, 0.25) is 0 Å². The number of hydrogen-bond acceptors (Lipinski definition) is 4. The summed E-state index contributed by atoms with van der Waals surface area (Å²) in [5.41, 5.74) is 9.52. The molecule has 0 saturated carbocycles. The van der Waals surface area contributed by atoms with Gasteiger partial charge in [-0.15, -0.1) is 0 Å². The molecular weight excluding hydrogens is 560 g/mol. The van der Waals surface area contributed by atoms with Crippen molar-refractivity contribution >= 4 is 10.8 Å². The van der Waals surface area contributed by atoms with Crippen molar-refractivity contribution in [2.45, 2.75) is 0 Å². The summed E-state index contributed by atoms with van der Waals surface area (Å²) < 4.78 is 0. The van der Waals surface area contributed by atoms with Gasteiger partial charge in [0.1, 0.15) is 0 Å². The molecule has 2 heterocycles. The molecule has 0 aliphatic heterocycles. The van der Waals surface area contributed by atoms with Gasteiger partial charge in [0.2, 0.25) is 0 Å². The quantitative estimate of drug-likeness (QED) is 0.194. The maximum atomic E-state index is 5.07. The highest BCUT2D eigenvalue weighted by Gasteiger charge is 2.16. The minimum atomic E-state index is 0.626. The zero-order valence-electron chi connectivity index (χ0n) is 25.0. The highest BCUT2D eigenvalue weighted by molar-refractivity contribution is 5.98. The Kier molecular flexibility index (Phi) is 7.14. The van der Waals surface area contributed by atoms with E-state index in [1.807, 2.05) is 85.2 Å². The number of nitrogens with zero attached hydrogens (tertiary/aromatic N) is 4. The van der Waals surface area contributed by atoms with Crippen molar-refractivity contribution in [3.63, 3.8) is 0 Å². The van der Waals surface area contributed by atoms with Gasteiger partial charge in [0, 0.05) is 29.1 Å². The maximum Gasteiger partial charge on any atom is 0.164 e. The largest absolute Gasteiger partial charge is 0.265 e. The number of rotatable bonds is 6. The van der Waals surface area contributed by atoms with Crippen LogP contribution in [0.3, 0.4) is 0 Å². The molecule has 0 aliphatic carbocycles. The second kappa shape index (κ2) is 12.0. The van der Waals surface area contributed by atoms with Crippen LogP contribution in [0.1, 0.15) is 0 Å². The van der Waals surface area contributed by atoms with E-state index in [-0.39, 0.29) is 0 Å². The molecule has 0 radical (unpaired) electrons. The number of aromatic nitrogens is 4. The van der Waals surface area contributed by atoms with E-state index < -0.39 is 0 Å². The first-order valence-electron chi connectivity index (χ1n) is 15.3. The van der Waals surface area contributed by atoms with Gasteiger partial charge < -0.3 is 0 Å². The molecule has 2 aromatic heterocycles. The average Bonchev–Trinajstić information content (AvgIpc) is 3.15. The molecule has 0 N–H and O–H groups in total. The van der Waals surface area contributed by atoms with Crippen molar-refractivity contribution in [3.05, 3.63) is 170 Å². The predicted octanol–water partition coefficient (Wildman–Crippen LogP) is 10.4. The van der Waals surface area contributed by atoms with Gasteiger partial charge in [-0.2, -0.15) is 0 Å². The Hall–Kier alpha value is -6.26. The molecule has 0 fully saturated rings. The molecule has 4 heteroatoms. The SMILES string of the molecule is c1ccc(-c2nc(-c3ccccc3)nc(-c3cc(-c4cccc(-c5ccncc5)c4)cc(-c4cccc5ccccc45)c3)n2)cc1. The topological polar surface area (TPSA) is 51.6 Å². The third-order valence-electron chi connectivity index (χ3n) is 8.20. The molecule has 216 valence electrons. The highest BCUT2D eigenvalue weighted by Crippen LogP contribution is 2.37. The monoisotopic (exact) mass is 588 g/mol. The van der Waals surface area contributed by atoms with Crippen molar-refractivity contribution < 1.29 is 0 Å². The number of pyridine rings is 1. The van der Waals surface area contributed by atoms with E-state index in [0.29, 0.717) is 17.5 Å². The fourth-order valence-corrected chi connectivity index (χ4v) is 5.92. The van der Waals surface area contributed by atoms with E-state index in [0.717, 1.165) is 50.1 Å². The third-order valence-corrected chi connectivity index (χ3v) is 8.20. The van der Waals surface area contributed by atoms with Crippen LogP contribution in [-0.2, 0) is 0 Å². The van der Waals surface area contributed by atoms with Gasteiger partial charge in [-0.3, -0.25) is 4.98 Å². The molecule has 0 bridgehead atoms. The van der Waals surface area contributed by atoms with Crippen LogP contribution in [-0.4, -0.2) is 19.9 Å². The lowest BCUT2D eigenvalue weighted by atomic mass is 9.92. The van der Waals surface area contributed by atoms with E-state index in [2.05, 4.69) is 89.9 Å². The smallest absolute Gasteiger partial charge is 0.164 e. The Bertz CT molecular complexity index is 2240. The number of hydrogen-bond donors (Lipinski definition) is 0. The molecule has 46 heavy (non-hydrogen) atoms. The summed E-state index contributed by atoms with van der Waals surface area (Å²) in [5.74, 6) is 1.91. The summed E-state index contributed by atoms with van der Waals surface area (Å²) >= 11 is 0. The van der Waals surface area contributed by atoms with Crippen molar-refractivity contribution in [2.75, 3.05) is 0 Å². The van der Waals surface area contributed by atoms with Crippen LogP contribution in [0.4, 0.5) is 0 Å². The zero-order valence-corrected chi connectivity index (χ0v) is 25.0. The van der Waals surface area contributed by atoms with Crippen LogP contribution >= 0.6 is 0 Å². The van der Waals surface area contributed by atoms with Crippen LogP contribution in [0.5, 0.6) is 0 Å². The Morgan fingerprint density at radius 3 is 1.48 bits per heavy atom. The van der Waals surface area contributed by atoms with Crippen molar-refractivity contribution in [3.8, 4) is 67.5 Å². The third kappa shape index (κ3) is 5.44. The molecule has 8 aromatic rings. The van der Waals surface area contributed by atoms with E-state index in [9.17, 15) is 0 Å². The predicted molar refractivity (Wildman–Crippen MR) is 188 cm³/mol. The lowest BCUT2D eigenvalue weighted by Crippen LogP contribution is -2.00. The second-order valence-electron chi connectivity index (χ2n) is 11.2. The molecule has 6 aromatic carbocycles. The van der Waals surface area contributed by atoms with Gasteiger partial charge in [-0.25, -0.2) is 15.0 Å². The van der Waals surface area contributed by atoms with Crippen LogP contribution in [0, 0.1) is 0 Å². The summed E-state index contributed by atoms with van der Waals surface area (Å²) in [4.78, 5) is 19.3. The summed E-state index contributed by atoms with van der Waals surface area (Å²) in [5, 5.41) is 2.40. The Morgan fingerprint density at radius 1 is 0.304 bits per heavy atom. The molecule has 0 unspecified atom stereocenters. The summed E-state index contributed by atoms with van der Waals surface area (Å²) in [6.45, 7) is 0. The highest BCUT2D eigenvalue weighted by atomic mass is 15.0. The maximum absolute atomic E-state index is 5.07. The Morgan fingerprint density at radius 2 is 0.783 bits per heavy atom. The first kappa shape index (κ1) is 27.3. The van der Waals surface area contributed by atoms with Crippen LogP contribution in [0.15, 0.2) is 170 Å². The average molecular weight is 589 g/mol. The fraction of sp³-hybridized carbons (Fsp3) is 0. The van der Waals surface area contributed by atoms with Gasteiger partial charge in [-0.1, -0.05) is 121 Å². The molecule has 0 spiro atoms. The summed E-state index contributed by atoms with van der Waals surface area (Å²) in [6, 6.07) is 54.6. The van der Waals surface area contributed by atoms with Crippen LogP contribution in [0.25, 0.3) is 78.3 Å². The number of benzene rings is 6. The molecule has 0 amide bonds. The fourth-order valence-electron chi connectivity index (χ4n) is 5.92. The normalized spacial score (nSPS) is 11.0. The first-order valence-corrected chi connectivity index (χ1v) is 15.3. The van der Waals surface area contributed by atoms with Crippen molar-refractivity contribution in [2.24, 2.45) is 0 Å². The van der Waals surface area contributed by atoms with Gasteiger partial charge in [-0.05, 0) is 80.6 Å². The molecule has 4 nitrogen and oxygen atoms in total. The molecule has 0 aliphatic rings. The van der Waals surface area contributed by atoms with Gasteiger partial charge >= 0.3 is 0 Å². The summed E-state index contributed by atoms with van der Waals surface area (Å²) in [6.07, 6.45) is 3.66. The molecule has 8 rings (SSSR count). The van der Waals surface area contributed by atoms with E-state index >= 15 is 0 Å². The van der Waals surface area contributed by atoms with Crippen molar-refractivity contribution in [1.29, 1.82) is 0 Å². The first-order chi connectivity index (χ1) is 22.8. The van der Waals surface area contributed by atoms with Gasteiger partial charge in [0.05, 0.1) is 0 Å². The minimum Gasteiger partial charge on any atom is -0.265 e. The van der Waals surface area contributed by atoms with E-state index in [4.69, 9.17) is 15.0 Å². The lowest BCUT2D eigenvalue weighted by molar-refractivity contribution is 1.07. The van der Waals surface area contributed by atoms with Gasteiger partial charge in [0.15, 0.2) is 17.5 Å². The Labute approximate surface area is 267 Å². The molecule has 0 atom stereocenters. The second-order valence-corrected chi connectivity index (χ2v) is 11.2. The van der Waals surface area contributed by atoms with E-state index in [1.165, 1.54) is 10.8 Å². The van der Waals surface area contributed by atoms with Crippen molar-refractivity contribution in [1.82, 2.24) is 19.9 Å². The van der Waals surface area contributed by atoms with E-state index in [1.54, 1.807) is 0 Å². The Balaban J connectivity index is 1.37. The van der Waals surface area contributed by atoms with Gasteiger partial charge in [0.25, 0.3) is 0 Å². The lowest BCUT2D eigenvalue weighted by Gasteiger charge is -2.14. The zero-order chi connectivity index (χ0) is 30.7. The summed E-state index contributed by atoms with van der Waals surface area (Å²) in [7, 11) is 0. The minimum absolute atomic E-state index is 0.626. The standard InChI is InChI=1S/C42H28N4/c1-3-12-31(13-4-1)40-44-41(32-14-5-2-6-15-32)46-42(45-40)37-27-35(34-18-9-17-33(25-34)29-21-23-43-24-22-29)26-36(28-37)39-20-10-16-30-11-7-8-19-38(30)39/h1-28H. The molecular formula is C42H28N4. The van der Waals surface area contributed by atoms with Crippen LogP contribution < -0.4 is 0 Å². The molecule has 0 saturated heterocycles. The number of fused-ring (bicyclic) bond motifs is 1.